The maximum Gasteiger partial charge on any atom is 0.138 e. The van der Waals surface area contributed by atoms with Crippen molar-refractivity contribution in [2.75, 3.05) is 6.54 Å². The Morgan fingerprint density at radius 3 is 2.29 bits per heavy atom. The molecular weight excluding hydrogens is 230 g/mol. The molecule has 3 nitrogen and oxygen atoms in total. The van der Waals surface area contributed by atoms with Gasteiger partial charge < -0.3 is 5.73 Å². The van der Waals surface area contributed by atoms with E-state index in [1.54, 1.807) is 0 Å². The molecule has 96 valence electrons. The average molecular weight is 253 g/mol. The van der Waals surface area contributed by atoms with E-state index in [1.165, 1.54) is 12.0 Å². The SMILES string of the molecule is CCC(C)SCc1nc(C)c(CCN)c(C)n1. The van der Waals surface area contributed by atoms with Crippen LogP contribution in [0.25, 0.3) is 0 Å². The van der Waals surface area contributed by atoms with E-state index in [1.807, 2.05) is 11.8 Å². The molecular formula is C13H23N3S. The van der Waals surface area contributed by atoms with E-state index in [2.05, 4.69) is 37.7 Å². The standard InChI is InChI=1S/C13H23N3S/c1-5-9(2)17-8-13-15-10(3)12(6-7-14)11(4)16-13/h9H,5-8,14H2,1-4H3. The Bertz CT molecular complexity index is 343. The lowest BCUT2D eigenvalue weighted by atomic mass is 10.1. The number of hydrogen-bond acceptors (Lipinski definition) is 4. The van der Waals surface area contributed by atoms with Gasteiger partial charge in [-0.1, -0.05) is 13.8 Å². The van der Waals surface area contributed by atoms with Gasteiger partial charge in [-0.3, -0.25) is 0 Å². The van der Waals surface area contributed by atoms with Gasteiger partial charge in [0, 0.05) is 16.6 Å². The highest BCUT2D eigenvalue weighted by molar-refractivity contribution is 7.99. The topological polar surface area (TPSA) is 51.8 Å². The predicted molar refractivity (Wildman–Crippen MR) is 75.3 cm³/mol. The summed E-state index contributed by atoms with van der Waals surface area (Å²) in [5.41, 5.74) is 8.98. The molecule has 0 saturated carbocycles. The average Bonchev–Trinajstić information content (AvgIpc) is 2.30. The van der Waals surface area contributed by atoms with Crippen molar-refractivity contribution in [2.45, 2.75) is 51.5 Å². The third-order valence-corrected chi connectivity index (χ3v) is 4.26. The van der Waals surface area contributed by atoms with Crippen LogP contribution in [0.3, 0.4) is 0 Å². The molecule has 0 fully saturated rings. The molecule has 0 aliphatic carbocycles. The summed E-state index contributed by atoms with van der Waals surface area (Å²) >= 11 is 1.92. The fourth-order valence-corrected chi connectivity index (χ4v) is 2.51. The van der Waals surface area contributed by atoms with Gasteiger partial charge in [0.2, 0.25) is 0 Å². The predicted octanol–water partition coefficient (Wildman–Crippen LogP) is 2.63. The van der Waals surface area contributed by atoms with Crippen LogP contribution in [0, 0.1) is 13.8 Å². The van der Waals surface area contributed by atoms with E-state index in [4.69, 9.17) is 5.73 Å². The summed E-state index contributed by atoms with van der Waals surface area (Å²) < 4.78 is 0. The van der Waals surface area contributed by atoms with Crippen molar-refractivity contribution in [3.63, 3.8) is 0 Å². The van der Waals surface area contributed by atoms with Gasteiger partial charge in [-0.05, 0) is 38.8 Å². The zero-order valence-corrected chi connectivity index (χ0v) is 12.1. The molecule has 0 spiro atoms. The summed E-state index contributed by atoms with van der Waals surface area (Å²) in [4.78, 5) is 9.14. The van der Waals surface area contributed by atoms with Crippen molar-refractivity contribution in [3.8, 4) is 0 Å². The number of aryl methyl sites for hydroxylation is 2. The number of nitrogens with zero attached hydrogens (tertiary/aromatic N) is 2. The molecule has 1 heterocycles. The van der Waals surface area contributed by atoms with Crippen LogP contribution in [0.1, 0.15) is 43.0 Å². The quantitative estimate of drug-likeness (QED) is 0.846. The molecule has 0 amide bonds. The molecule has 1 aromatic rings. The molecule has 0 saturated heterocycles. The van der Waals surface area contributed by atoms with Crippen molar-refractivity contribution >= 4 is 11.8 Å². The molecule has 0 aliphatic rings. The first-order chi connectivity index (χ1) is 8.08. The lowest BCUT2D eigenvalue weighted by molar-refractivity contribution is 0.862. The van der Waals surface area contributed by atoms with Gasteiger partial charge in [-0.25, -0.2) is 9.97 Å². The highest BCUT2D eigenvalue weighted by Crippen LogP contribution is 2.19. The lowest BCUT2D eigenvalue weighted by Crippen LogP contribution is -2.10. The normalized spacial score (nSPS) is 12.8. The maximum absolute atomic E-state index is 5.59. The van der Waals surface area contributed by atoms with Crippen LogP contribution < -0.4 is 5.73 Å². The van der Waals surface area contributed by atoms with Crippen LogP contribution in [-0.4, -0.2) is 21.8 Å². The van der Waals surface area contributed by atoms with E-state index in [9.17, 15) is 0 Å². The minimum absolute atomic E-state index is 0.659. The number of aromatic nitrogens is 2. The maximum atomic E-state index is 5.59. The Morgan fingerprint density at radius 1 is 1.24 bits per heavy atom. The molecule has 1 rings (SSSR count). The Balaban J connectivity index is 2.76. The van der Waals surface area contributed by atoms with Gasteiger partial charge in [0.05, 0.1) is 5.75 Å². The molecule has 0 radical (unpaired) electrons. The van der Waals surface area contributed by atoms with Gasteiger partial charge in [0.15, 0.2) is 0 Å². The van der Waals surface area contributed by atoms with E-state index in [0.717, 1.165) is 29.4 Å². The third kappa shape index (κ3) is 4.28. The first-order valence-electron chi connectivity index (χ1n) is 6.23. The minimum Gasteiger partial charge on any atom is -0.330 e. The van der Waals surface area contributed by atoms with Crippen LogP contribution in [-0.2, 0) is 12.2 Å². The second kappa shape index (κ2) is 6.97. The second-order valence-corrected chi connectivity index (χ2v) is 5.78. The van der Waals surface area contributed by atoms with Crippen LogP contribution in [0.15, 0.2) is 0 Å². The van der Waals surface area contributed by atoms with Crippen LogP contribution in [0.5, 0.6) is 0 Å². The second-order valence-electron chi connectivity index (χ2n) is 4.36. The Labute approximate surface area is 109 Å². The fraction of sp³-hybridized carbons (Fsp3) is 0.692. The first kappa shape index (κ1) is 14.5. The zero-order chi connectivity index (χ0) is 12.8. The molecule has 1 aromatic heterocycles. The van der Waals surface area contributed by atoms with Gasteiger partial charge in [-0.15, -0.1) is 0 Å². The molecule has 4 heteroatoms. The largest absolute Gasteiger partial charge is 0.330 e. The zero-order valence-electron chi connectivity index (χ0n) is 11.3. The number of nitrogens with two attached hydrogens (primary N) is 1. The Kier molecular flexibility index (Phi) is 5.92. The van der Waals surface area contributed by atoms with E-state index >= 15 is 0 Å². The summed E-state index contributed by atoms with van der Waals surface area (Å²) in [6.07, 6.45) is 2.06. The van der Waals surface area contributed by atoms with Crippen molar-refractivity contribution in [3.05, 3.63) is 22.8 Å². The van der Waals surface area contributed by atoms with Crippen molar-refractivity contribution in [1.82, 2.24) is 9.97 Å². The fourth-order valence-electron chi connectivity index (χ4n) is 1.71. The van der Waals surface area contributed by atoms with E-state index in [-0.39, 0.29) is 0 Å². The van der Waals surface area contributed by atoms with E-state index in [0.29, 0.717) is 11.8 Å². The lowest BCUT2D eigenvalue weighted by Gasteiger charge is -2.11. The van der Waals surface area contributed by atoms with Crippen molar-refractivity contribution in [1.29, 1.82) is 0 Å². The molecule has 0 aromatic carbocycles. The molecule has 1 atom stereocenters. The third-order valence-electron chi connectivity index (χ3n) is 2.93. The minimum atomic E-state index is 0.659. The Morgan fingerprint density at radius 2 is 1.82 bits per heavy atom. The van der Waals surface area contributed by atoms with Crippen LogP contribution in [0.4, 0.5) is 0 Å². The van der Waals surface area contributed by atoms with Crippen molar-refractivity contribution < 1.29 is 0 Å². The highest BCUT2D eigenvalue weighted by atomic mass is 32.2. The van der Waals surface area contributed by atoms with Gasteiger partial charge in [0.1, 0.15) is 5.82 Å². The summed E-state index contributed by atoms with van der Waals surface area (Å²) in [6, 6.07) is 0. The molecule has 0 aliphatic heterocycles. The van der Waals surface area contributed by atoms with Crippen molar-refractivity contribution in [2.24, 2.45) is 5.73 Å². The summed E-state index contributed by atoms with van der Waals surface area (Å²) in [6.45, 7) is 9.22. The molecule has 17 heavy (non-hydrogen) atoms. The number of thioether (sulfide) groups is 1. The van der Waals surface area contributed by atoms with Gasteiger partial charge in [0.25, 0.3) is 0 Å². The Hall–Kier alpha value is -0.610. The monoisotopic (exact) mass is 253 g/mol. The van der Waals surface area contributed by atoms with E-state index < -0.39 is 0 Å². The van der Waals surface area contributed by atoms with Gasteiger partial charge in [-0.2, -0.15) is 11.8 Å². The van der Waals surface area contributed by atoms with Crippen LogP contribution in [0.2, 0.25) is 0 Å². The highest BCUT2D eigenvalue weighted by Gasteiger charge is 2.09. The molecule has 0 bridgehead atoms. The summed E-state index contributed by atoms with van der Waals surface area (Å²) in [5.74, 6) is 1.85. The molecule has 1 unspecified atom stereocenters. The summed E-state index contributed by atoms with van der Waals surface area (Å²) in [5, 5.41) is 0.669. The number of hydrogen-bond donors (Lipinski definition) is 1. The first-order valence-corrected chi connectivity index (χ1v) is 7.28. The van der Waals surface area contributed by atoms with Gasteiger partial charge >= 0.3 is 0 Å². The van der Waals surface area contributed by atoms with Crippen LogP contribution >= 0.6 is 11.8 Å². The number of rotatable bonds is 6. The molecule has 2 N–H and O–H groups in total. The smallest absolute Gasteiger partial charge is 0.138 e. The summed E-state index contributed by atoms with van der Waals surface area (Å²) in [7, 11) is 0.